The summed E-state index contributed by atoms with van der Waals surface area (Å²) in [5.41, 5.74) is 0.718. The standard InChI is InChI=1S/C12H11Cl2N3O/c1-7(2)17-11(10(14)6-16-17)12(18)8-3-4-15-5-9(8)13/h3-7H,1-2H3. The van der Waals surface area contributed by atoms with Crippen molar-refractivity contribution in [1.82, 2.24) is 14.8 Å². The molecule has 0 aliphatic heterocycles. The molecule has 4 nitrogen and oxygen atoms in total. The molecular formula is C12H11Cl2N3O. The van der Waals surface area contributed by atoms with Crippen molar-refractivity contribution in [3.63, 3.8) is 0 Å². The van der Waals surface area contributed by atoms with Gasteiger partial charge in [-0.3, -0.25) is 14.5 Å². The Morgan fingerprint density at radius 2 is 2.00 bits per heavy atom. The molecule has 0 amide bonds. The monoisotopic (exact) mass is 283 g/mol. The molecule has 6 heteroatoms. The number of halogens is 2. The van der Waals surface area contributed by atoms with E-state index in [2.05, 4.69) is 10.1 Å². The molecule has 2 aromatic heterocycles. The summed E-state index contributed by atoms with van der Waals surface area (Å²) in [6.45, 7) is 3.85. The number of hydrogen-bond acceptors (Lipinski definition) is 3. The minimum Gasteiger partial charge on any atom is -0.287 e. The molecule has 0 aliphatic rings. The summed E-state index contributed by atoms with van der Waals surface area (Å²) in [7, 11) is 0. The van der Waals surface area contributed by atoms with Crippen molar-refractivity contribution in [1.29, 1.82) is 0 Å². The van der Waals surface area contributed by atoms with Gasteiger partial charge in [0.05, 0.1) is 16.2 Å². The van der Waals surface area contributed by atoms with Crippen LogP contribution in [0.25, 0.3) is 0 Å². The van der Waals surface area contributed by atoms with Gasteiger partial charge in [-0.05, 0) is 19.9 Å². The number of hydrogen-bond donors (Lipinski definition) is 0. The van der Waals surface area contributed by atoms with E-state index in [4.69, 9.17) is 23.2 Å². The second-order valence-corrected chi connectivity index (χ2v) is 4.88. The third-order valence-corrected chi connectivity index (χ3v) is 3.05. The molecule has 0 spiro atoms. The van der Waals surface area contributed by atoms with Crippen LogP contribution in [0.2, 0.25) is 10.0 Å². The SMILES string of the molecule is CC(C)n1ncc(Cl)c1C(=O)c1ccncc1Cl. The number of rotatable bonds is 3. The van der Waals surface area contributed by atoms with Gasteiger partial charge in [0.15, 0.2) is 0 Å². The molecule has 2 rings (SSSR count). The van der Waals surface area contributed by atoms with Gasteiger partial charge in [0, 0.05) is 24.0 Å². The van der Waals surface area contributed by atoms with E-state index in [0.717, 1.165) is 0 Å². The summed E-state index contributed by atoms with van der Waals surface area (Å²) in [6, 6.07) is 1.61. The molecule has 2 heterocycles. The van der Waals surface area contributed by atoms with Crippen LogP contribution in [0, 0.1) is 0 Å². The zero-order valence-electron chi connectivity index (χ0n) is 9.89. The molecule has 94 valence electrons. The van der Waals surface area contributed by atoms with E-state index >= 15 is 0 Å². The number of nitrogens with zero attached hydrogens (tertiary/aromatic N) is 3. The van der Waals surface area contributed by atoms with Crippen molar-refractivity contribution >= 4 is 29.0 Å². The van der Waals surface area contributed by atoms with Gasteiger partial charge >= 0.3 is 0 Å². The first-order valence-electron chi connectivity index (χ1n) is 5.39. The molecular weight excluding hydrogens is 273 g/mol. The molecule has 0 aromatic carbocycles. The summed E-state index contributed by atoms with van der Waals surface area (Å²) in [5.74, 6) is -0.251. The Hall–Kier alpha value is -1.39. The van der Waals surface area contributed by atoms with E-state index in [0.29, 0.717) is 21.3 Å². The fourth-order valence-electron chi connectivity index (χ4n) is 1.63. The average Bonchev–Trinajstić information content (AvgIpc) is 2.71. The molecule has 0 aliphatic carbocycles. The van der Waals surface area contributed by atoms with Gasteiger partial charge in [0.25, 0.3) is 0 Å². The molecule has 0 atom stereocenters. The summed E-state index contributed by atoms with van der Waals surface area (Å²) in [4.78, 5) is 16.3. The minimum atomic E-state index is -0.251. The smallest absolute Gasteiger partial charge is 0.214 e. The highest BCUT2D eigenvalue weighted by Gasteiger charge is 2.22. The normalized spacial score (nSPS) is 10.9. The van der Waals surface area contributed by atoms with Crippen molar-refractivity contribution in [3.05, 3.63) is 46.0 Å². The first kappa shape index (κ1) is 13.1. The van der Waals surface area contributed by atoms with Crippen LogP contribution in [0.4, 0.5) is 0 Å². The first-order valence-corrected chi connectivity index (χ1v) is 6.15. The molecule has 0 bridgehead atoms. The summed E-state index contributed by atoms with van der Waals surface area (Å²) in [5, 5.41) is 4.72. The van der Waals surface area contributed by atoms with E-state index in [1.807, 2.05) is 13.8 Å². The van der Waals surface area contributed by atoms with Crippen molar-refractivity contribution in [2.24, 2.45) is 0 Å². The highest BCUT2D eigenvalue weighted by molar-refractivity contribution is 6.37. The van der Waals surface area contributed by atoms with E-state index in [1.165, 1.54) is 18.6 Å². The van der Waals surface area contributed by atoms with Crippen LogP contribution in [0.3, 0.4) is 0 Å². The van der Waals surface area contributed by atoms with Gasteiger partial charge in [0.1, 0.15) is 5.69 Å². The Bertz CT molecular complexity index is 593. The third-order valence-electron chi connectivity index (χ3n) is 2.47. The maximum Gasteiger partial charge on any atom is 0.214 e. The Balaban J connectivity index is 2.53. The summed E-state index contributed by atoms with van der Waals surface area (Å²) >= 11 is 12.0. The van der Waals surface area contributed by atoms with Gasteiger partial charge in [-0.25, -0.2) is 0 Å². The van der Waals surface area contributed by atoms with Gasteiger partial charge in [-0.15, -0.1) is 0 Å². The number of aromatic nitrogens is 3. The van der Waals surface area contributed by atoms with Crippen LogP contribution in [-0.4, -0.2) is 20.5 Å². The van der Waals surface area contributed by atoms with E-state index < -0.39 is 0 Å². The molecule has 0 N–H and O–H groups in total. The highest BCUT2D eigenvalue weighted by Crippen LogP contribution is 2.24. The molecule has 0 saturated carbocycles. The molecule has 0 radical (unpaired) electrons. The lowest BCUT2D eigenvalue weighted by molar-refractivity contribution is 0.102. The van der Waals surface area contributed by atoms with Crippen LogP contribution < -0.4 is 0 Å². The fraction of sp³-hybridized carbons (Fsp3) is 0.250. The summed E-state index contributed by atoms with van der Waals surface area (Å²) in [6.07, 6.45) is 4.41. The minimum absolute atomic E-state index is 0.0389. The zero-order valence-corrected chi connectivity index (χ0v) is 11.4. The Morgan fingerprint density at radius 3 is 2.61 bits per heavy atom. The lowest BCUT2D eigenvalue weighted by Gasteiger charge is -2.11. The maximum atomic E-state index is 12.4. The predicted molar refractivity (Wildman–Crippen MR) is 70.3 cm³/mol. The Kier molecular flexibility index (Phi) is 3.68. The summed E-state index contributed by atoms with van der Waals surface area (Å²) < 4.78 is 1.58. The topological polar surface area (TPSA) is 47.8 Å². The molecule has 2 aromatic rings. The van der Waals surface area contributed by atoms with Crippen molar-refractivity contribution < 1.29 is 4.79 Å². The number of carbonyl (C=O) groups excluding carboxylic acids is 1. The van der Waals surface area contributed by atoms with Crippen LogP contribution in [0.15, 0.2) is 24.7 Å². The molecule has 0 unspecified atom stereocenters. The number of pyridine rings is 1. The quantitative estimate of drug-likeness (QED) is 0.811. The fourth-order valence-corrected chi connectivity index (χ4v) is 2.05. The van der Waals surface area contributed by atoms with E-state index in [1.54, 1.807) is 10.7 Å². The van der Waals surface area contributed by atoms with Crippen LogP contribution in [-0.2, 0) is 0 Å². The Morgan fingerprint density at radius 1 is 1.28 bits per heavy atom. The van der Waals surface area contributed by atoms with Crippen molar-refractivity contribution in [3.8, 4) is 0 Å². The highest BCUT2D eigenvalue weighted by atomic mass is 35.5. The van der Waals surface area contributed by atoms with Crippen LogP contribution in [0.5, 0.6) is 0 Å². The van der Waals surface area contributed by atoms with E-state index in [9.17, 15) is 4.79 Å². The van der Waals surface area contributed by atoms with Crippen LogP contribution >= 0.6 is 23.2 Å². The van der Waals surface area contributed by atoms with Gasteiger partial charge < -0.3 is 0 Å². The van der Waals surface area contributed by atoms with Gasteiger partial charge in [-0.2, -0.15) is 5.10 Å². The molecule has 18 heavy (non-hydrogen) atoms. The second-order valence-electron chi connectivity index (χ2n) is 4.06. The average molecular weight is 284 g/mol. The first-order chi connectivity index (χ1) is 8.52. The predicted octanol–water partition coefficient (Wildman–Crippen LogP) is 3.40. The second kappa shape index (κ2) is 5.08. The van der Waals surface area contributed by atoms with Gasteiger partial charge in [-0.1, -0.05) is 23.2 Å². The zero-order chi connectivity index (χ0) is 13.3. The molecule has 0 fully saturated rings. The van der Waals surface area contributed by atoms with Crippen LogP contribution in [0.1, 0.15) is 35.9 Å². The van der Waals surface area contributed by atoms with Crippen molar-refractivity contribution in [2.75, 3.05) is 0 Å². The van der Waals surface area contributed by atoms with E-state index in [-0.39, 0.29) is 11.8 Å². The lowest BCUT2D eigenvalue weighted by atomic mass is 10.1. The lowest BCUT2D eigenvalue weighted by Crippen LogP contribution is -2.14. The molecule has 0 saturated heterocycles. The number of ketones is 1. The van der Waals surface area contributed by atoms with Crippen molar-refractivity contribution in [2.45, 2.75) is 19.9 Å². The number of carbonyl (C=O) groups is 1. The largest absolute Gasteiger partial charge is 0.287 e. The maximum absolute atomic E-state index is 12.4. The van der Waals surface area contributed by atoms with Gasteiger partial charge in [0.2, 0.25) is 5.78 Å². The third kappa shape index (κ3) is 2.26. The Labute approximate surface area is 115 Å².